The third kappa shape index (κ3) is 3.52. The Morgan fingerprint density at radius 2 is 1.65 bits per heavy atom. The molecule has 0 bridgehead atoms. The Bertz CT molecular complexity index is 537. The van der Waals surface area contributed by atoms with Crippen molar-refractivity contribution in [1.82, 2.24) is 0 Å². The van der Waals surface area contributed by atoms with Crippen LogP contribution >= 0.6 is 0 Å². The molecule has 0 spiro atoms. The zero-order chi connectivity index (χ0) is 14.4. The van der Waals surface area contributed by atoms with Crippen LogP contribution in [0.25, 0.3) is 0 Å². The minimum Gasteiger partial charge on any atom is -0.497 e. The van der Waals surface area contributed by atoms with Crippen LogP contribution < -0.4 is 15.2 Å². The summed E-state index contributed by atoms with van der Waals surface area (Å²) in [5, 5.41) is 0. The van der Waals surface area contributed by atoms with E-state index >= 15 is 0 Å². The summed E-state index contributed by atoms with van der Waals surface area (Å²) in [6, 6.07) is 16.2. The highest BCUT2D eigenvalue weighted by atomic mass is 16.5. The van der Waals surface area contributed by atoms with Crippen molar-refractivity contribution in [3.05, 3.63) is 59.7 Å². The van der Waals surface area contributed by atoms with E-state index in [0.717, 1.165) is 17.9 Å². The van der Waals surface area contributed by atoms with Crippen molar-refractivity contribution in [2.75, 3.05) is 20.8 Å². The van der Waals surface area contributed by atoms with Gasteiger partial charge in [-0.3, -0.25) is 0 Å². The molecule has 1 unspecified atom stereocenters. The summed E-state index contributed by atoms with van der Waals surface area (Å²) in [5.41, 5.74) is 8.40. The van der Waals surface area contributed by atoms with Crippen molar-refractivity contribution in [1.29, 1.82) is 0 Å². The molecule has 0 saturated heterocycles. The molecular weight excluding hydrogens is 250 g/mol. The lowest BCUT2D eigenvalue weighted by molar-refractivity contribution is 0.413. The smallest absolute Gasteiger partial charge is 0.119 e. The molecule has 106 valence electrons. The molecule has 0 heterocycles. The highest BCUT2D eigenvalue weighted by molar-refractivity contribution is 5.33. The summed E-state index contributed by atoms with van der Waals surface area (Å²) < 4.78 is 10.4. The monoisotopic (exact) mass is 271 g/mol. The maximum absolute atomic E-state index is 5.93. The first-order valence-electron chi connectivity index (χ1n) is 6.73. The predicted octanol–water partition coefficient (Wildman–Crippen LogP) is 2.99. The molecule has 0 aliphatic rings. The first-order chi connectivity index (χ1) is 9.76. The molecule has 3 heteroatoms. The van der Waals surface area contributed by atoms with E-state index < -0.39 is 0 Å². The maximum atomic E-state index is 5.93. The van der Waals surface area contributed by atoms with Crippen LogP contribution in [0.3, 0.4) is 0 Å². The molecule has 0 fully saturated rings. The number of nitrogens with two attached hydrogens (primary N) is 1. The third-order valence-electron chi connectivity index (χ3n) is 3.49. The highest BCUT2D eigenvalue weighted by Gasteiger charge is 2.11. The van der Waals surface area contributed by atoms with Crippen molar-refractivity contribution in [2.45, 2.75) is 12.3 Å². The van der Waals surface area contributed by atoms with Gasteiger partial charge in [0.2, 0.25) is 0 Å². The quantitative estimate of drug-likeness (QED) is 0.878. The molecule has 2 aromatic rings. The average molecular weight is 271 g/mol. The van der Waals surface area contributed by atoms with Gasteiger partial charge in [-0.2, -0.15) is 0 Å². The zero-order valence-electron chi connectivity index (χ0n) is 12.0. The average Bonchev–Trinajstić information content (AvgIpc) is 2.53. The second-order valence-corrected chi connectivity index (χ2v) is 4.76. The van der Waals surface area contributed by atoms with Gasteiger partial charge in [-0.15, -0.1) is 0 Å². The fourth-order valence-corrected chi connectivity index (χ4v) is 2.28. The van der Waals surface area contributed by atoms with Gasteiger partial charge >= 0.3 is 0 Å². The summed E-state index contributed by atoms with van der Waals surface area (Å²) in [4.78, 5) is 0. The van der Waals surface area contributed by atoms with E-state index in [0.29, 0.717) is 12.5 Å². The van der Waals surface area contributed by atoms with Crippen molar-refractivity contribution in [3.63, 3.8) is 0 Å². The van der Waals surface area contributed by atoms with E-state index in [-0.39, 0.29) is 0 Å². The van der Waals surface area contributed by atoms with Gasteiger partial charge in [0, 0.05) is 5.92 Å². The zero-order valence-corrected chi connectivity index (χ0v) is 12.0. The van der Waals surface area contributed by atoms with Gasteiger partial charge in [-0.1, -0.05) is 24.3 Å². The second kappa shape index (κ2) is 6.96. The molecule has 20 heavy (non-hydrogen) atoms. The molecular formula is C17H21NO2. The molecule has 0 aliphatic carbocycles. The third-order valence-corrected chi connectivity index (χ3v) is 3.49. The van der Waals surface area contributed by atoms with Gasteiger partial charge in [-0.25, -0.2) is 0 Å². The molecule has 2 N–H and O–H groups in total. The van der Waals surface area contributed by atoms with Crippen molar-refractivity contribution in [3.8, 4) is 11.5 Å². The van der Waals surface area contributed by atoms with Gasteiger partial charge in [-0.05, 0) is 48.4 Å². The number of benzene rings is 2. The van der Waals surface area contributed by atoms with Crippen LogP contribution in [0, 0.1) is 0 Å². The Hall–Kier alpha value is -2.00. The molecule has 0 amide bonds. The molecule has 0 saturated carbocycles. The van der Waals surface area contributed by atoms with E-state index in [1.165, 1.54) is 11.1 Å². The Balaban J connectivity index is 2.14. The Kier molecular flexibility index (Phi) is 5.02. The lowest BCUT2D eigenvalue weighted by Gasteiger charge is -2.16. The minimum absolute atomic E-state index is 0.290. The van der Waals surface area contributed by atoms with Gasteiger partial charge in [0.15, 0.2) is 0 Å². The summed E-state index contributed by atoms with van der Waals surface area (Å²) >= 11 is 0. The van der Waals surface area contributed by atoms with Crippen molar-refractivity contribution < 1.29 is 9.47 Å². The van der Waals surface area contributed by atoms with E-state index in [2.05, 4.69) is 24.3 Å². The summed E-state index contributed by atoms with van der Waals surface area (Å²) in [6.45, 7) is 0.610. The van der Waals surface area contributed by atoms with E-state index in [9.17, 15) is 0 Å². The maximum Gasteiger partial charge on any atom is 0.119 e. The Morgan fingerprint density at radius 1 is 0.950 bits per heavy atom. The van der Waals surface area contributed by atoms with Crippen LogP contribution in [0.4, 0.5) is 0 Å². The fraction of sp³-hybridized carbons (Fsp3) is 0.294. The van der Waals surface area contributed by atoms with E-state index in [4.69, 9.17) is 15.2 Å². The molecule has 2 rings (SSSR count). The van der Waals surface area contributed by atoms with Crippen molar-refractivity contribution in [2.24, 2.45) is 5.73 Å². The Morgan fingerprint density at radius 3 is 2.25 bits per heavy atom. The number of hydrogen-bond acceptors (Lipinski definition) is 3. The summed E-state index contributed by atoms with van der Waals surface area (Å²) in [5.74, 6) is 2.04. The van der Waals surface area contributed by atoms with E-state index in [1.54, 1.807) is 14.2 Å². The van der Waals surface area contributed by atoms with Crippen LogP contribution in [-0.4, -0.2) is 20.8 Å². The lowest BCUT2D eigenvalue weighted by atomic mass is 9.92. The van der Waals surface area contributed by atoms with Crippen molar-refractivity contribution >= 4 is 0 Å². The van der Waals surface area contributed by atoms with Gasteiger partial charge < -0.3 is 15.2 Å². The molecule has 3 nitrogen and oxygen atoms in total. The van der Waals surface area contributed by atoms with Crippen LogP contribution in [-0.2, 0) is 6.42 Å². The highest BCUT2D eigenvalue weighted by Crippen LogP contribution is 2.24. The number of ether oxygens (including phenoxy) is 2. The summed E-state index contributed by atoms with van der Waals surface area (Å²) in [7, 11) is 3.36. The normalized spacial score (nSPS) is 11.9. The predicted molar refractivity (Wildman–Crippen MR) is 81.5 cm³/mol. The number of methoxy groups -OCH3 is 2. The Labute approximate surface area is 120 Å². The molecule has 1 atom stereocenters. The van der Waals surface area contributed by atoms with Gasteiger partial charge in [0.1, 0.15) is 11.5 Å². The molecule has 2 aromatic carbocycles. The topological polar surface area (TPSA) is 44.5 Å². The number of hydrogen-bond donors (Lipinski definition) is 1. The molecule has 0 aliphatic heterocycles. The summed E-state index contributed by atoms with van der Waals surface area (Å²) in [6.07, 6.45) is 0.910. The second-order valence-electron chi connectivity index (χ2n) is 4.76. The van der Waals surface area contributed by atoms with Crippen LogP contribution in [0.5, 0.6) is 11.5 Å². The standard InChI is InChI=1S/C17H21NO2/c1-19-16-8-6-13(7-9-16)10-15(12-18)14-4-3-5-17(11-14)20-2/h3-9,11,15H,10,12,18H2,1-2H3. The largest absolute Gasteiger partial charge is 0.497 e. The lowest BCUT2D eigenvalue weighted by Crippen LogP contribution is -2.15. The first kappa shape index (κ1) is 14.4. The molecule has 0 aromatic heterocycles. The minimum atomic E-state index is 0.290. The first-order valence-corrected chi connectivity index (χ1v) is 6.73. The van der Waals surface area contributed by atoms with Crippen LogP contribution in [0.15, 0.2) is 48.5 Å². The van der Waals surface area contributed by atoms with E-state index in [1.807, 2.05) is 24.3 Å². The van der Waals surface area contributed by atoms with Crippen LogP contribution in [0.1, 0.15) is 17.0 Å². The SMILES string of the molecule is COc1ccc(CC(CN)c2cccc(OC)c2)cc1. The fourth-order valence-electron chi connectivity index (χ4n) is 2.28. The number of rotatable bonds is 6. The van der Waals surface area contributed by atoms with Crippen LogP contribution in [0.2, 0.25) is 0 Å². The van der Waals surface area contributed by atoms with Gasteiger partial charge in [0.05, 0.1) is 14.2 Å². The molecule has 0 radical (unpaired) electrons. The van der Waals surface area contributed by atoms with Gasteiger partial charge in [0.25, 0.3) is 0 Å².